The lowest BCUT2D eigenvalue weighted by Crippen LogP contribution is -2.27. The molecule has 6 N–H and O–H groups in total. The highest BCUT2D eigenvalue weighted by molar-refractivity contribution is 5.94. The molecule has 3 aromatic rings. The van der Waals surface area contributed by atoms with Crippen molar-refractivity contribution in [3.05, 3.63) is 71.3 Å². The molecule has 1 aromatic heterocycles. The number of aromatic nitrogens is 3. The molecule has 0 aliphatic carbocycles. The lowest BCUT2D eigenvalue weighted by atomic mass is 10.1. The number of nitrogens with two attached hydrogens (primary N) is 1. The highest BCUT2D eigenvalue weighted by Gasteiger charge is 2.07. The normalized spacial score (nSPS) is 10.7. The number of amides is 1. The Morgan fingerprint density at radius 1 is 0.763 bits per heavy atom. The maximum absolute atomic E-state index is 12.0. The van der Waals surface area contributed by atoms with E-state index in [0.717, 1.165) is 12.0 Å². The average Bonchev–Trinajstić information content (AvgIpc) is 2.94. The lowest BCUT2D eigenvalue weighted by molar-refractivity contribution is 0.0519. The van der Waals surface area contributed by atoms with Crippen LogP contribution in [0.3, 0.4) is 0 Å². The molecule has 11 nitrogen and oxygen atoms in total. The van der Waals surface area contributed by atoms with Gasteiger partial charge in [0, 0.05) is 31.7 Å². The second-order valence-corrected chi connectivity index (χ2v) is 8.49. The van der Waals surface area contributed by atoms with Crippen molar-refractivity contribution in [3.8, 4) is 0 Å². The molecule has 0 aliphatic rings. The van der Waals surface area contributed by atoms with Gasteiger partial charge in [0.25, 0.3) is 5.91 Å². The molecular formula is C27H38N8O3. The van der Waals surface area contributed by atoms with Gasteiger partial charge in [-0.05, 0) is 37.6 Å². The van der Waals surface area contributed by atoms with Gasteiger partial charge in [-0.15, -0.1) is 0 Å². The van der Waals surface area contributed by atoms with Crippen molar-refractivity contribution >= 4 is 23.8 Å². The van der Waals surface area contributed by atoms with E-state index in [1.807, 2.05) is 18.2 Å². The Bertz CT molecular complexity index is 1080. The molecule has 0 unspecified atom stereocenters. The van der Waals surface area contributed by atoms with Gasteiger partial charge in [0.2, 0.25) is 17.8 Å². The standard InChI is InChI=1S/C27H38N8O3/c1-21-8-10-22(11-9-21)20-32-27-34-25(30-13-5-12-28)33-26(35-27)31-15-17-38-19-18-37-16-14-29-24(36)23-6-3-2-4-7-23/h2-4,6-11H,5,12-20,28H2,1H3,(H,29,36)(H3,30,31,32,33,34,35). The minimum atomic E-state index is -0.110. The second kappa shape index (κ2) is 16.8. The molecule has 1 heterocycles. The Balaban J connectivity index is 1.33. The Labute approximate surface area is 224 Å². The molecule has 38 heavy (non-hydrogen) atoms. The van der Waals surface area contributed by atoms with Crippen molar-refractivity contribution in [3.63, 3.8) is 0 Å². The van der Waals surface area contributed by atoms with Crippen LogP contribution in [0, 0.1) is 6.92 Å². The summed E-state index contributed by atoms with van der Waals surface area (Å²) in [4.78, 5) is 25.3. The first-order chi connectivity index (χ1) is 18.6. The number of carbonyl (C=O) groups is 1. The molecule has 3 rings (SSSR count). The van der Waals surface area contributed by atoms with Crippen molar-refractivity contribution in [1.82, 2.24) is 20.3 Å². The molecule has 1 amide bonds. The van der Waals surface area contributed by atoms with E-state index in [1.165, 1.54) is 5.56 Å². The number of carbonyl (C=O) groups excluding carboxylic acids is 1. The Kier molecular flexibility index (Phi) is 12.8. The molecule has 2 aromatic carbocycles. The number of benzene rings is 2. The number of aryl methyl sites for hydroxylation is 1. The largest absolute Gasteiger partial charge is 0.377 e. The summed E-state index contributed by atoms with van der Waals surface area (Å²) in [7, 11) is 0. The van der Waals surface area contributed by atoms with Crippen LogP contribution in [0.1, 0.15) is 27.9 Å². The summed E-state index contributed by atoms with van der Waals surface area (Å²) in [6.45, 7) is 6.66. The van der Waals surface area contributed by atoms with Gasteiger partial charge < -0.3 is 36.5 Å². The average molecular weight is 523 g/mol. The van der Waals surface area contributed by atoms with Crippen LogP contribution in [0.4, 0.5) is 17.8 Å². The number of anilines is 3. The smallest absolute Gasteiger partial charge is 0.251 e. The second-order valence-electron chi connectivity index (χ2n) is 8.49. The predicted molar refractivity (Wildman–Crippen MR) is 149 cm³/mol. The zero-order chi connectivity index (χ0) is 26.8. The lowest BCUT2D eigenvalue weighted by Gasteiger charge is -2.12. The maximum atomic E-state index is 12.0. The number of nitrogens with one attached hydrogen (secondary N) is 4. The predicted octanol–water partition coefficient (Wildman–Crippen LogP) is 2.43. The van der Waals surface area contributed by atoms with Gasteiger partial charge in [-0.1, -0.05) is 48.0 Å². The molecule has 11 heteroatoms. The quantitative estimate of drug-likeness (QED) is 0.158. The van der Waals surface area contributed by atoms with Crippen molar-refractivity contribution in [2.75, 3.05) is 68.6 Å². The van der Waals surface area contributed by atoms with Crippen LogP contribution in [0.15, 0.2) is 54.6 Å². The van der Waals surface area contributed by atoms with E-state index in [-0.39, 0.29) is 5.91 Å². The number of nitrogens with zero attached hydrogens (tertiary/aromatic N) is 3. The van der Waals surface area contributed by atoms with E-state index >= 15 is 0 Å². The van der Waals surface area contributed by atoms with Crippen LogP contribution in [0.5, 0.6) is 0 Å². The summed E-state index contributed by atoms with van der Waals surface area (Å²) >= 11 is 0. The summed E-state index contributed by atoms with van der Waals surface area (Å²) < 4.78 is 11.1. The molecule has 0 aliphatic heterocycles. The fraction of sp³-hybridized carbons (Fsp3) is 0.407. The Hall–Kier alpha value is -3.80. The van der Waals surface area contributed by atoms with Crippen LogP contribution in [0.2, 0.25) is 0 Å². The fourth-order valence-electron chi connectivity index (χ4n) is 3.29. The zero-order valence-corrected chi connectivity index (χ0v) is 21.9. The first kappa shape index (κ1) is 28.8. The summed E-state index contributed by atoms with van der Waals surface area (Å²) in [6.07, 6.45) is 0.815. The van der Waals surface area contributed by atoms with Crippen molar-refractivity contribution in [2.45, 2.75) is 19.9 Å². The topological polar surface area (TPSA) is 148 Å². The number of rotatable bonds is 18. The van der Waals surface area contributed by atoms with Gasteiger partial charge in [-0.2, -0.15) is 15.0 Å². The molecular weight excluding hydrogens is 484 g/mol. The summed E-state index contributed by atoms with van der Waals surface area (Å²) in [5.41, 5.74) is 8.58. The first-order valence-electron chi connectivity index (χ1n) is 12.9. The van der Waals surface area contributed by atoms with Crippen molar-refractivity contribution in [2.24, 2.45) is 5.73 Å². The first-order valence-corrected chi connectivity index (χ1v) is 12.9. The Morgan fingerprint density at radius 2 is 1.37 bits per heavy atom. The van der Waals surface area contributed by atoms with Crippen molar-refractivity contribution in [1.29, 1.82) is 0 Å². The van der Waals surface area contributed by atoms with Crippen molar-refractivity contribution < 1.29 is 14.3 Å². The van der Waals surface area contributed by atoms with E-state index in [9.17, 15) is 4.79 Å². The monoisotopic (exact) mass is 522 g/mol. The summed E-state index contributed by atoms with van der Waals surface area (Å²) in [5.74, 6) is 1.31. The highest BCUT2D eigenvalue weighted by atomic mass is 16.5. The number of ether oxygens (including phenoxy) is 2. The molecule has 0 spiro atoms. The molecule has 0 saturated heterocycles. The van der Waals surface area contributed by atoms with Gasteiger partial charge in [-0.25, -0.2) is 0 Å². The molecule has 0 radical (unpaired) electrons. The molecule has 0 bridgehead atoms. The summed E-state index contributed by atoms with van der Waals surface area (Å²) in [5, 5.41) is 12.5. The van der Waals surface area contributed by atoms with Crippen LogP contribution in [0.25, 0.3) is 0 Å². The van der Waals surface area contributed by atoms with E-state index < -0.39 is 0 Å². The van der Waals surface area contributed by atoms with Crippen LogP contribution >= 0.6 is 0 Å². The highest BCUT2D eigenvalue weighted by Crippen LogP contribution is 2.11. The summed E-state index contributed by atoms with van der Waals surface area (Å²) in [6, 6.07) is 17.4. The third-order valence-electron chi connectivity index (χ3n) is 5.34. The van der Waals surface area contributed by atoms with Crippen LogP contribution in [-0.2, 0) is 16.0 Å². The number of hydrogen-bond acceptors (Lipinski definition) is 10. The number of hydrogen-bond donors (Lipinski definition) is 5. The third kappa shape index (κ3) is 11.1. The van der Waals surface area contributed by atoms with Crippen LogP contribution in [-0.4, -0.2) is 73.5 Å². The van der Waals surface area contributed by atoms with Gasteiger partial charge in [-0.3, -0.25) is 4.79 Å². The van der Waals surface area contributed by atoms with Gasteiger partial charge in [0.15, 0.2) is 0 Å². The Morgan fingerprint density at radius 3 is 2.03 bits per heavy atom. The molecule has 0 fully saturated rings. The van der Waals surface area contributed by atoms with E-state index in [2.05, 4.69) is 67.4 Å². The van der Waals surface area contributed by atoms with Gasteiger partial charge in [0.1, 0.15) is 0 Å². The molecule has 204 valence electrons. The SMILES string of the molecule is Cc1ccc(CNc2nc(NCCCN)nc(NCCOCCOCCNC(=O)c3ccccc3)n2)cc1. The molecule has 0 saturated carbocycles. The van der Waals surface area contributed by atoms with E-state index in [1.54, 1.807) is 12.1 Å². The van der Waals surface area contributed by atoms with E-state index in [0.29, 0.717) is 82.6 Å². The van der Waals surface area contributed by atoms with Gasteiger partial charge in [0.05, 0.1) is 26.4 Å². The van der Waals surface area contributed by atoms with Crippen LogP contribution < -0.4 is 27.0 Å². The molecule has 0 atom stereocenters. The maximum Gasteiger partial charge on any atom is 0.251 e. The minimum Gasteiger partial charge on any atom is -0.377 e. The van der Waals surface area contributed by atoms with E-state index in [4.69, 9.17) is 15.2 Å². The fourth-order valence-corrected chi connectivity index (χ4v) is 3.29. The minimum absolute atomic E-state index is 0.110. The van der Waals surface area contributed by atoms with Gasteiger partial charge >= 0.3 is 0 Å². The third-order valence-corrected chi connectivity index (χ3v) is 5.34. The zero-order valence-electron chi connectivity index (χ0n) is 21.9.